The molecule has 0 aliphatic heterocycles. The van der Waals surface area contributed by atoms with Crippen LogP contribution in [0, 0.1) is 0 Å². The van der Waals surface area contributed by atoms with Crippen molar-refractivity contribution < 1.29 is 24.5 Å². The summed E-state index contributed by atoms with van der Waals surface area (Å²) >= 11 is 0. The molecule has 0 aromatic rings. The van der Waals surface area contributed by atoms with Crippen LogP contribution in [0.5, 0.6) is 0 Å². The van der Waals surface area contributed by atoms with Crippen molar-refractivity contribution in [3.8, 4) is 0 Å². The summed E-state index contributed by atoms with van der Waals surface area (Å²) in [5, 5.41) is 23.7. The van der Waals surface area contributed by atoms with Gasteiger partial charge in [0.05, 0.1) is 25.2 Å². The first kappa shape index (κ1) is 57.3. The SMILES string of the molecule is CC/C=C/C/C=C/C/C=C/CCCCC(CC(=O)NC(CO)C(O)CCCCCCCCCCCCCC)OC(=O)CCCCCC/C=C\C/C=C\C/C=C\CCCCC. The van der Waals surface area contributed by atoms with E-state index in [1.807, 2.05) is 0 Å². The second-order valence-corrected chi connectivity index (χ2v) is 16.8. The van der Waals surface area contributed by atoms with Crippen molar-refractivity contribution in [2.45, 2.75) is 251 Å². The molecule has 0 saturated heterocycles. The lowest BCUT2D eigenvalue weighted by Crippen LogP contribution is -2.46. The maximum Gasteiger partial charge on any atom is 0.306 e. The Kier molecular flexibility index (Phi) is 45.2. The molecule has 0 aliphatic carbocycles. The van der Waals surface area contributed by atoms with Crippen LogP contribution in [-0.4, -0.2) is 46.9 Å². The van der Waals surface area contributed by atoms with Crippen LogP contribution in [-0.2, 0) is 14.3 Å². The summed E-state index contributed by atoms with van der Waals surface area (Å²) in [6, 6.07) is -0.720. The van der Waals surface area contributed by atoms with Crippen molar-refractivity contribution in [2.75, 3.05) is 6.61 Å². The number of carbonyl (C=O) groups excluding carboxylic acids is 2. The first-order valence-corrected chi connectivity index (χ1v) is 25.2. The predicted octanol–water partition coefficient (Wildman–Crippen LogP) is 15.0. The number of carbonyl (C=O) groups is 2. The summed E-state index contributed by atoms with van der Waals surface area (Å²) in [6.07, 6.45) is 59.6. The largest absolute Gasteiger partial charge is 0.462 e. The molecule has 0 saturated carbocycles. The lowest BCUT2D eigenvalue weighted by molar-refractivity contribution is -0.151. The predicted molar refractivity (Wildman–Crippen MR) is 259 cm³/mol. The van der Waals surface area contributed by atoms with Gasteiger partial charge in [-0.1, -0.05) is 196 Å². The van der Waals surface area contributed by atoms with Gasteiger partial charge in [-0.2, -0.15) is 0 Å². The number of hydrogen-bond acceptors (Lipinski definition) is 5. The number of aliphatic hydroxyl groups is 2. The zero-order chi connectivity index (χ0) is 43.8. The number of rotatable bonds is 44. The van der Waals surface area contributed by atoms with Crippen LogP contribution < -0.4 is 5.32 Å². The standard InChI is InChI=1S/C54H95NO5/c1-4-7-10-13-16-19-22-25-26-27-28-29-32-35-38-41-44-47-54(59)60-50(45-42-39-36-33-30-23-20-17-14-11-8-5-2)48-53(58)55-51(49-56)52(57)46-43-40-37-34-31-24-21-18-15-12-9-6-3/h8,11,16-17,19-20,25-26,28-30,33,50-52,56-57H,4-7,9-10,12-15,18,21-24,27,31-32,34-49H2,1-3H3,(H,55,58)/b11-8+,19-16-,20-17+,26-25-,29-28-,33-30+. The summed E-state index contributed by atoms with van der Waals surface area (Å²) in [6.45, 7) is 6.31. The molecule has 0 fully saturated rings. The minimum Gasteiger partial charge on any atom is -0.462 e. The van der Waals surface area contributed by atoms with Gasteiger partial charge in [0.25, 0.3) is 0 Å². The van der Waals surface area contributed by atoms with Crippen molar-refractivity contribution in [2.24, 2.45) is 0 Å². The molecule has 6 heteroatoms. The zero-order valence-electron chi connectivity index (χ0n) is 39.3. The Morgan fingerprint density at radius 2 is 0.900 bits per heavy atom. The van der Waals surface area contributed by atoms with E-state index in [0.717, 1.165) is 103 Å². The minimum absolute atomic E-state index is 0.0396. The Morgan fingerprint density at radius 3 is 1.42 bits per heavy atom. The van der Waals surface area contributed by atoms with Crippen LogP contribution in [0.4, 0.5) is 0 Å². The average Bonchev–Trinajstić information content (AvgIpc) is 3.24. The smallest absolute Gasteiger partial charge is 0.306 e. The molecular formula is C54H95NO5. The van der Waals surface area contributed by atoms with Gasteiger partial charge in [-0.15, -0.1) is 0 Å². The van der Waals surface area contributed by atoms with Gasteiger partial charge in [0, 0.05) is 6.42 Å². The second kappa shape index (κ2) is 47.4. The Morgan fingerprint density at radius 1 is 0.500 bits per heavy atom. The summed E-state index contributed by atoms with van der Waals surface area (Å²) in [4.78, 5) is 26.1. The number of esters is 1. The highest BCUT2D eigenvalue weighted by Gasteiger charge is 2.24. The van der Waals surface area contributed by atoms with E-state index in [9.17, 15) is 19.8 Å². The second-order valence-electron chi connectivity index (χ2n) is 16.8. The van der Waals surface area contributed by atoms with Gasteiger partial charge < -0.3 is 20.3 Å². The lowest BCUT2D eigenvalue weighted by Gasteiger charge is -2.24. The van der Waals surface area contributed by atoms with E-state index in [-0.39, 0.29) is 24.9 Å². The van der Waals surface area contributed by atoms with E-state index < -0.39 is 18.2 Å². The van der Waals surface area contributed by atoms with Gasteiger partial charge in [-0.25, -0.2) is 0 Å². The van der Waals surface area contributed by atoms with E-state index in [1.54, 1.807) is 0 Å². The Bertz CT molecular complexity index is 1120. The normalized spacial score (nSPS) is 13.9. The fraction of sp³-hybridized carbons (Fsp3) is 0.741. The number of aliphatic hydroxyl groups excluding tert-OH is 2. The lowest BCUT2D eigenvalue weighted by atomic mass is 10.0. The highest BCUT2D eigenvalue weighted by Crippen LogP contribution is 2.17. The third-order valence-electron chi connectivity index (χ3n) is 11.0. The molecule has 0 spiro atoms. The minimum atomic E-state index is -0.804. The van der Waals surface area contributed by atoms with Crippen LogP contribution in [0.25, 0.3) is 0 Å². The number of ether oxygens (including phenoxy) is 1. The van der Waals surface area contributed by atoms with Crippen LogP contribution in [0.1, 0.15) is 233 Å². The molecule has 0 aliphatic rings. The molecule has 0 radical (unpaired) electrons. The highest BCUT2D eigenvalue weighted by molar-refractivity contribution is 5.77. The number of amides is 1. The third-order valence-corrected chi connectivity index (χ3v) is 11.0. The fourth-order valence-corrected chi connectivity index (χ4v) is 7.21. The van der Waals surface area contributed by atoms with Crippen molar-refractivity contribution in [1.82, 2.24) is 5.32 Å². The van der Waals surface area contributed by atoms with Gasteiger partial charge >= 0.3 is 5.97 Å². The van der Waals surface area contributed by atoms with Crippen molar-refractivity contribution in [1.29, 1.82) is 0 Å². The molecule has 1 amide bonds. The molecule has 60 heavy (non-hydrogen) atoms. The first-order chi connectivity index (χ1) is 29.5. The van der Waals surface area contributed by atoms with Gasteiger partial charge in [-0.05, 0) is 96.3 Å². The van der Waals surface area contributed by atoms with E-state index in [2.05, 4.69) is 99.0 Å². The topological polar surface area (TPSA) is 95.9 Å². The van der Waals surface area contributed by atoms with Crippen LogP contribution in [0.3, 0.4) is 0 Å². The van der Waals surface area contributed by atoms with Crippen molar-refractivity contribution in [3.05, 3.63) is 72.9 Å². The summed E-state index contributed by atoms with van der Waals surface area (Å²) < 4.78 is 5.90. The van der Waals surface area contributed by atoms with Gasteiger partial charge in [-0.3, -0.25) is 9.59 Å². The van der Waals surface area contributed by atoms with Crippen molar-refractivity contribution in [3.63, 3.8) is 0 Å². The summed E-state index contributed by atoms with van der Waals surface area (Å²) in [5.74, 6) is -0.541. The molecule has 3 unspecified atom stereocenters. The molecule has 0 rings (SSSR count). The number of unbranched alkanes of at least 4 members (excludes halogenated alkanes) is 20. The molecular weight excluding hydrogens is 743 g/mol. The molecule has 346 valence electrons. The monoisotopic (exact) mass is 838 g/mol. The Labute approximate surface area is 371 Å². The highest BCUT2D eigenvalue weighted by atomic mass is 16.5. The Hall–Kier alpha value is -2.70. The van der Waals surface area contributed by atoms with E-state index >= 15 is 0 Å². The summed E-state index contributed by atoms with van der Waals surface area (Å²) in [5.41, 5.74) is 0. The third kappa shape index (κ3) is 42.0. The molecule has 0 aromatic carbocycles. The van der Waals surface area contributed by atoms with Crippen molar-refractivity contribution >= 4 is 11.9 Å². The molecule has 0 heterocycles. The van der Waals surface area contributed by atoms with E-state index in [1.165, 1.54) is 83.5 Å². The fourth-order valence-electron chi connectivity index (χ4n) is 7.21. The number of nitrogens with one attached hydrogen (secondary N) is 1. The molecule has 3 atom stereocenters. The van der Waals surface area contributed by atoms with E-state index in [4.69, 9.17) is 4.74 Å². The average molecular weight is 838 g/mol. The number of hydrogen-bond donors (Lipinski definition) is 3. The Balaban J connectivity index is 4.65. The zero-order valence-corrected chi connectivity index (χ0v) is 39.3. The molecule has 6 nitrogen and oxygen atoms in total. The molecule has 0 aromatic heterocycles. The van der Waals surface area contributed by atoms with Gasteiger partial charge in [0.2, 0.25) is 5.91 Å². The van der Waals surface area contributed by atoms with Crippen LogP contribution in [0.2, 0.25) is 0 Å². The maximum atomic E-state index is 13.2. The van der Waals surface area contributed by atoms with E-state index in [0.29, 0.717) is 19.3 Å². The maximum absolute atomic E-state index is 13.2. The van der Waals surface area contributed by atoms with Crippen LogP contribution in [0.15, 0.2) is 72.9 Å². The quantitative estimate of drug-likeness (QED) is 0.0323. The summed E-state index contributed by atoms with van der Waals surface area (Å²) in [7, 11) is 0. The first-order valence-electron chi connectivity index (χ1n) is 25.2. The molecule has 0 bridgehead atoms. The number of allylic oxidation sites excluding steroid dienone is 12. The van der Waals surface area contributed by atoms with Crippen LogP contribution >= 0.6 is 0 Å². The molecule has 3 N–H and O–H groups in total. The van der Waals surface area contributed by atoms with Gasteiger partial charge in [0.1, 0.15) is 6.10 Å². The van der Waals surface area contributed by atoms with Gasteiger partial charge in [0.15, 0.2) is 0 Å².